The third kappa shape index (κ3) is 3.97. The Balaban J connectivity index is 1.16. The predicted octanol–water partition coefficient (Wildman–Crippen LogP) is 12.3. The molecular weight excluding hydrogens is 619 g/mol. The predicted molar refractivity (Wildman–Crippen MR) is 205 cm³/mol. The van der Waals surface area contributed by atoms with Gasteiger partial charge in [0, 0.05) is 58.7 Å². The first-order chi connectivity index (χ1) is 24.3. The number of hydrogen-bond acceptors (Lipinski definition) is 4. The van der Waals surface area contributed by atoms with E-state index in [1.807, 2.05) is 29.5 Å². The van der Waals surface area contributed by atoms with Gasteiger partial charge in [0.1, 0.15) is 11.2 Å². The number of hydrogen-bond donors (Lipinski definition) is 0. The van der Waals surface area contributed by atoms with Gasteiger partial charge in [-0.05, 0) is 59.7 Å². The van der Waals surface area contributed by atoms with Crippen LogP contribution in [0.15, 0.2) is 156 Å². The molecule has 0 spiro atoms. The molecule has 11 rings (SSSR count). The average molecular weight is 644 g/mol. The molecule has 0 bridgehead atoms. The number of aromatic nitrogens is 3. The molecule has 0 radical (unpaired) electrons. The van der Waals surface area contributed by atoms with Crippen molar-refractivity contribution in [3.05, 3.63) is 152 Å². The molecule has 11 aromatic rings. The Hall–Kier alpha value is -6.30. The maximum Gasteiger partial charge on any atom is 0.235 e. The number of fused-ring (bicyclic) bond motifs is 10. The minimum atomic E-state index is 0.631. The average Bonchev–Trinajstić information content (AvgIpc) is 3.82. The highest BCUT2D eigenvalue weighted by Gasteiger charge is 2.19. The minimum absolute atomic E-state index is 0.631. The van der Waals surface area contributed by atoms with E-state index in [1.54, 1.807) is 0 Å². The van der Waals surface area contributed by atoms with Gasteiger partial charge in [0.15, 0.2) is 0 Å². The van der Waals surface area contributed by atoms with E-state index in [4.69, 9.17) is 14.4 Å². The molecule has 7 aromatic carbocycles. The third-order valence-corrected chi connectivity index (χ3v) is 11.0. The minimum Gasteiger partial charge on any atom is -0.456 e. The second-order valence-corrected chi connectivity index (χ2v) is 13.7. The van der Waals surface area contributed by atoms with E-state index in [-0.39, 0.29) is 0 Å². The fourth-order valence-electron chi connectivity index (χ4n) is 7.53. The summed E-state index contributed by atoms with van der Waals surface area (Å²) in [5.74, 6) is 0.631. The monoisotopic (exact) mass is 643 g/mol. The van der Waals surface area contributed by atoms with Gasteiger partial charge in [-0.15, -0.1) is 11.3 Å². The van der Waals surface area contributed by atoms with E-state index in [1.165, 1.54) is 42.1 Å². The summed E-state index contributed by atoms with van der Waals surface area (Å²) in [5.41, 5.74) is 8.99. The van der Waals surface area contributed by atoms with E-state index >= 15 is 0 Å². The van der Waals surface area contributed by atoms with Crippen LogP contribution in [0.1, 0.15) is 0 Å². The van der Waals surface area contributed by atoms with Crippen LogP contribution in [0.25, 0.3) is 103 Å². The smallest absolute Gasteiger partial charge is 0.235 e. The summed E-state index contributed by atoms with van der Waals surface area (Å²) in [6.07, 6.45) is 0. The second-order valence-electron chi connectivity index (χ2n) is 12.6. The number of benzene rings is 7. The van der Waals surface area contributed by atoms with Crippen LogP contribution in [0, 0.1) is 0 Å². The normalized spacial score (nSPS) is 12.1. The fourth-order valence-corrected chi connectivity index (χ4v) is 8.61. The number of thiophene rings is 1. The molecule has 0 fully saturated rings. The third-order valence-electron chi connectivity index (χ3n) is 9.81. The number of nitrogens with zero attached hydrogens (tertiary/aromatic N) is 3. The summed E-state index contributed by atoms with van der Waals surface area (Å²) >= 11 is 1.85. The zero-order chi connectivity index (χ0) is 32.1. The Morgan fingerprint density at radius 1 is 0.429 bits per heavy atom. The van der Waals surface area contributed by atoms with Crippen molar-refractivity contribution in [2.45, 2.75) is 0 Å². The Morgan fingerprint density at radius 3 is 2.02 bits per heavy atom. The van der Waals surface area contributed by atoms with Crippen LogP contribution in [0.5, 0.6) is 0 Å². The molecule has 0 atom stereocenters. The Bertz CT molecular complexity index is 3110. The summed E-state index contributed by atoms with van der Waals surface area (Å²) in [6.45, 7) is 0. The molecule has 5 heteroatoms. The highest BCUT2D eigenvalue weighted by Crippen LogP contribution is 2.40. The first-order valence-electron chi connectivity index (χ1n) is 16.4. The van der Waals surface area contributed by atoms with Gasteiger partial charge < -0.3 is 4.42 Å². The van der Waals surface area contributed by atoms with Crippen molar-refractivity contribution in [2.24, 2.45) is 0 Å². The highest BCUT2D eigenvalue weighted by atomic mass is 32.1. The molecule has 4 nitrogen and oxygen atoms in total. The quantitative estimate of drug-likeness (QED) is 0.192. The molecule has 228 valence electrons. The lowest BCUT2D eigenvalue weighted by molar-refractivity contribution is 0.669. The van der Waals surface area contributed by atoms with Gasteiger partial charge in [-0.25, -0.2) is 9.97 Å². The standard InChI is InChI=1S/C44H25N3OS/c1-2-10-26(11-3-1)43-35-24-33-30-13-5-8-16-39(30)48-40(33)25-36(35)45-44(46-43)47-37-15-7-4-12-29(37)32-22-27(18-20-38(32)47)28-19-21-42-34(23-28)31-14-6-9-17-41(31)49-42/h1-25H. The van der Waals surface area contributed by atoms with E-state index in [0.717, 1.165) is 55.1 Å². The SMILES string of the molecule is c1ccc(-c2nc(-n3c4ccccc4c4cc(-c5ccc6sc7ccccc7c6c5)ccc43)nc3cc4oc5ccccc5c4cc23)cc1. The van der Waals surface area contributed by atoms with Gasteiger partial charge in [0.2, 0.25) is 5.95 Å². The zero-order valence-electron chi connectivity index (χ0n) is 26.1. The molecule has 0 aliphatic rings. The number of furan rings is 1. The lowest BCUT2D eigenvalue weighted by Crippen LogP contribution is -2.03. The Morgan fingerprint density at radius 2 is 1.12 bits per heavy atom. The number of rotatable bonds is 3. The molecule has 0 aliphatic heterocycles. The molecule has 0 N–H and O–H groups in total. The molecule has 0 amide bonds. The number of para-hydroxylation sites is 2. The van der Waals surface area contributed by atoms with Gasteiger partial charge in [-0.1, -0.05) is 97.1 Å². The second kappa shape index (κ2) is 10.1. The van der Waals surface area contributed by atoms with E-state index < -0.39 is 0 Å². The van der Waals surface area contributed by atoms with Crippen LogP contribution >= 0.6 is 11.3 Å². The lowest BCUT2D eigenvalue weighted by atomic mass is 10.0. The topological polar surface area (TPSA) is 43.9 Å². The van der Waals surface area contributed by atoms with Gasteiger partial charge in [0.25, 0.3) is 0 Å². The van der Waals surface area contributed by atoms with E-state index in [0.29, 0.717) is 5.95 Å². The maximum atomic E-state index is 6.31. The van der Waals surface area contributed by atoms with Crippen molar-refractivity contribution in [3.8, 4) is 28.3 Å². The fraction of sp³-hybridized carbons (Fsp3) is 0. The van der Waals surface area contributed by atoms with E-state index in [9.17, 15) is 0 Å². The first kappa shape index (κ1) is 26.7. The van der Waals surface area contributed by atoms with Gasteiger partial charge in [-0.2, -0.15) is 0 Å². The van der Waals surface area contributed by atoms with Crippen molar-refractivity contribution in [1.82, 2.24) is 14.5 Å². The van der Waals surface area contributed by atoms with E-state index in [2.05, 4.69) is 138 Å². The summed E-state index contributed by atoms with van der Waals surface area (Å²) in [4.78, 5) is 10.6. The van der Waals surface area contributed by atoms with Crippen LogP contribution in [0.4, 0.5) is 0 Å². The molecule has 0 aliphatic carbocycles. The molecule has 0 unspecified atom stereocenters. The molecular formula is C44H25N3OS. The van der Waals surface area contributed by atoms with Crippen LogP contribution in [-0.4, -0.2) is 14.5 Å². The van der Waals surface area contributed by atoms with Crippen molar-refractivity contribution in [3.63, 3.8) is 0 Å². The molecule has 0 saturated heterocycles. The van der Waals surface area contributed by atoms with Crippen molar-refractivity contribution in [1.29, 1.82) is 0 Å². The maximum absolute atomic E-state index is 6.31. The van der Waals surface area contributed by atoms with Crippen LogP contribution < -0.4 is 0 Å². The van der Waals surface area contributed by atoms with Crippen LogP contribution in [0.2, 0.25) is 0 Å². The zero-order valence-corrected chi connectivity index (χ0v) is 26.9. The van der Waals surface area contributed by atoms with Crippen LogP contribution in [-0.2, 0) is 0 Å². The van der Waals surface area contributed by atoms with Crippen molar-refractivity contribution in [2.75, 3.05) is 0 Å². The van der Waals surface area contributed by atoms with Gasteiger partial charge in [-0.3, -0.25) is 4.57 Å². The summed E-state index contributed by atoms with van der Waals surface area (Å²) in [6, 6.07) is 53.7. The largest absolute Gasteiger partial charge is 0.456 e. The summed E-state index contributed by atoms with van der Waals surface area (Å²) in [7, 11) is 0. The van der Waals surface area contributed by atoms with Gasteiger partial charge in [0.05, 0.1) is 22.2 Å². The lowest BCUT2D eigenvalue weighted by Gasteiger charge is -2.12. The van der Waals surface area contributed by atoms with Crippen molar-refractivity contribution < 1.29 is 4.42 Å². The molecule has 49 heavy (non-hydrogen) atoms. The van der Waals surface area contributed by atoms with Crippen LogP contribution in [0.3, 0.4) is 0 Å². The molecule has 4 aromatic heterocycles. The van der Waals surface area contributed by atoms with Gasteiger partial charge >= 0.3 is 0 Å². The summed E-state index contributed by atoms with van der Waals surface area (Å²) < 4.78 is 11.1. The highest BCUT2D eigenvalue weighted by molar-refractivity contribution is 7.25. The van der Waals surface area contributed by atoms with Crippen molar-refractivity contribution >= 4 is 86.2 Å². The summed E-state index contributed by atoms with van der Waals surface area (Å²) in [5, 5.41) is 8.09. The first-order valence-corrected chi connectivity index (χ1v) is 17.2. The molecule has 0 saturated carbocycles. The molecule has 4 heterocycles. The Labute approximate surface area is 284 Å². The Kier molecular flexibility index (Phi) is 5.51.